The second-order valence-electron chi connectivity index (χ2n) is 11.9. The van der Waals surface area contributed by atoms with Gasteiger partial charge < -0.3 is 5.11 Å². The summed E-state index contributed by atoms with van der Waals surface area (Å²) in [7, 11) is 0. The predicted molar refractivity (Wildman–Crippen MR) is 148 cm³/mol. The van der Waals surface area contributed by atoms with Crippen molar-refractivity contribution in [2.24, 2.45) is 17.8 Å². The Hall–Kier alpha value is -1.17. The third-order valence-electron chi connectivity index (χ3n) is 8.44. The van der Waals surface area contributed by atoms with E-state index in [1.54, 1.807) is 0 Å². The van der Waals surface area contributed by atoms with Crippen molar-refractivity contribution in [3.8, 4) is 0 Å². The highest BCUT2D eigenvalue weighted by Crippen LogP contribution is 2.39. The lowest BCUT2D eigenvalue weighted by molar-refractivity contribution is -0.102. The zero-order valence-electron chi connectivity index (χ0n) is 24.6. The lowest BCUT2D eigenvalue weighted by Gasteiger charge is -2.43. The van der Waals surface area contributed by atoms with Gasteiger partial charge in [0.1, 0.15) is 0 Å². The molecule has 0 amide bonds. The minimum absolute atomic E-state index is 0.152. The van der Waals surface area contributed by atoms with Gasteiger partial charge in [-0.3, -0.25) is 0 Å². The van der Waals surface area contributed by atoms with Crippen LogP contribution in [0.5, 0.6) is 0 Å². The van der Waals surface area contributed by atoms with Crippen LogP contribution in [0.4, 0.5) is 22.0 Å². The smallest absolute Gasteiger partial charge is 0.200 e. The molecule has 0 aromatic heterocycles. The van der Waals surface area contributed by atoms with Crippen molar-refractivity contribution < 1.29 is 27.1 Å². The average molecular weight is 549 g/mol. The highest BCUT2D eigenvalue weighted by Gasteiger charge is 2.41. The van der Waals surface area contributed by atoms with E-state index in [9.17, 15) is 27.1 Å². The van der Waals surface area contributed by atoms with E-state index >= 15 is 0 Å². The van der Waals surface area contributed by atoms with Gasteiger partial charge >= 0.3 is 0 Å². The molecular weight excluding hydrogens is 495 g/mol. The van der Waals surface area contributed by atoms with Crippen molar-refractivity contribution in [1.29, 1.82) is 0 Å². The molecule has 0 aliphatic rings. The lowest BCUT2D eigenvalue weighted by Crippen LogP contribution is -2.47. The number of unbranched alkanes of at least 4 members (excludes halogenated alkanes) is 12. The quantitative estimate of drug-likeness (QED) is 0.0701. The monoisotopic (exact) mass is 548 g/mol. The Morgan fingerprint density at radius 1 is 0.526 bits per heavy atom. The summed E-state index contributed by atoms with van der Waals surface area (Å²) < 4.78 is 67.3. The number of halogens is 5. The summed E-state index contributed by atoms with van der Waals surface area (Å²) in [6.45, 7) is 10.8. The molecule has 0 fully saturated rings. The molecule has 38 heavy (non-hydrogen) atoms. The van der Waals surface area contributed by atoms with Crippen molar-refractivity contribution in [2.45, 2.75) is 149 Å². The van der Waals surface area contributed by atoms with Crippen LogP contribution in [0.2, 0.25) is 0 Å². The summed E-state index contributed by atoms with van der Waals surface area (Å²) in [5.74, 6) is -8.50. The largest absolute Gasteiger partial charge is 0.389 e. The van der Waals surface area contributed by atoms with Crippen molar-refractivity contribution in [2.75, 3.05) is 0 Å². The molecule has 6 heteroatoms. The molecule has 222 valence electrons. The number of rotatable bonds is 21. The van der Waals surface area contributed by atoms with E-state index in [-0.39, 0.29) is 18.3 Å². The van der Waals surface area contributed by atoms with E-state index in [0.29, 0.717) is 18.8 Å². The first-order valence-electron chi connectivity index (χ1n) is 15.2. The van der Waals surface area contributed by atoms with Gasteiger partial charge in [-0.25, -0.2) is 22.0 Å². The number of aliphatic hydroxyl groups is 1. The molecule has 0 radical (unpaired) electrons. The highest BCUT2D eigenvalue weighted by atomic mass is 19.2. The zero-order valence-corrected chi connectivity index (χ0v) is 24.6. The first kappa shape index (κ1) is 34.9. The maximum absolute atomic E-state index is 13.8. The Balaban J connectivity index is 2.36. The van der Waals surface area contributed by atoms with Crippen LogP contribution in [0.15, 0.2) is 0 Å². The Bertz CT molecular complexity index is 756. The standard InChI is InChI=1S/C32H53F5O/c1-6-7-8-9-14-17-20-25(32(38,23(2)3)24(4)5)21-18-15-12-10-11-13-16-19-22-26-27(33)29(35)31(37)30(36)28(26)34/h23-25,38H,6-22H2,1-5H3. The van der Waals surface area contributed by atoms with Crippen molar-refractivity contribution >= 4 is 0 Å². The third-order valence-corrected chi connectivity index (χ3v) is 8.44. The summed E-state index contributed by atoms with van der Waals surface area (Å²) in [5.41, 5.74) is -1.35. The first-order valence-corrected chi connectivity index (χ1v) is 15.2. The SMILES string of the molecule is CCCCCCCCC(CCCCCCCCCCc1c(F)c(F)c(F)c(F)c1F)C(O)(C(C)C)C(C)C. The van der Waals surface area contributed by atoms with Gasteiger partial charge in [0.15, 0.2) is 23.3 Å². The molecule has 0 heterocycles. The summed E-state index contributed by atoms with van der Waals surface area (Å²) in [6, 6.07) is 0. The van der Waals surface area contributed by atoms with Crippen LogP contribution in [-0.4, -0.2) is 10.7 Å². The molecule has 1 N–H and O–H groups in total. The highest BCUT2D eigenvalue weighted by molar-refractivity contribution is 5.24. The minimum Gasteiger partial charge on any atom is -0.389 e. The number of hydrogen-bond donors (Lipinski definition) is 1. The Kier molecular flexibility index (Phi) is 16.7. The Morgan fingerprint density at radius 2 is 0.868 bits per heavy atom. The molecular formula is C32H53F5O. The molecule has 0 saturated carbocycles. The lowest BCUT2D eigenvalue weighted by atomic mass is 9.68. The van der Waals surface area contributed by atoms with Crippen LogP contribution in [-0.2, 0) is 6.42 Å². The van der Waals surface area contributed by atoms with Crippen LogP contribution in [0.25, 0.3) is 0 Å². The second-order valence-corrected chi connectivity index (χ2v) is 11.9. The third kappa shape index (κ3) is 10.4. The van der Waals surface area contributed by atoms with Gasteiger partial charge in [-0.05, 0) is 43.4 Å². The molecule has 0 spiro atoms. The van der Waals surface area contributed by atoms with Gasteiger partial charge in [0, 0.05) is 5.56 Å². The van der Waals surface area contributed by atoms with Crippen LogP contribution >= 0.6 is 0 Å². The van der Waals surface area contributed by atoms with Crippen LogP contribution in [0.1, 0.15) is 143 Å². The summed E-state index contributed by atoms with van der Waals surface area (Å²) in [6.07, 6.45) is 16.9. The normalized spacial score (nSPS) is 13.2. The van der Waals surface area contributed by atoms with Gasteiger partial charge in [0.2, 0.25) is 5.82 Å². The molecule has 1 nitrogen and oxygen atoms in total. The van der Waals surface area contributed by atoms with Crippen molar-refractivity contribution in [3.05, 3.63) is 34.6 Å². The van der Waals surface area contributed by atoms with Crippen molar-refractivity contribution in [3.63, 3.8) is 0 Å². The fourth-order valence-electron chi connectivity index (χ4n) is 6.01. The van der Waals surface area contributed by atoms with Gasteiger partial charge in [0.25, 0.3) is 0 Å². The zero-order chi connectivity index (χ0) is 28.7. The van der Waals surface area contributed by atoms with Gasteiger partial charge in [-0.15, -0.1) is 0 Å². The topological polar surface area (TPSA) is 20.2 Å². The van der Waals surface area contributed by atoms with Gasteiger partial charge in [0.05, 0.1) is 5.60 Å². The van der Waals surface area contributed by atoms with Gasteiger partial charge in [-0.2, -0.15) is 0 Å². The molecule has 1 unspecified atom stereocenters. The van der Waals surface area contributed by atoms with Crippen molar-refractivity contribution in [1.82, 2.24) is 0 Å². The Labute approximate surface area is 229 Å². The van der Waals surface area contributed by atoms with E-state index in [4.69, 9.17) is 0 Å². The summed E-state index contributed by atoms with van der Waals surface area (Å²) in [5, 5.41) is 11.6. The average Bonchev–Trinajstić information content (AvgIpc) is 2.88. The number of benzene rings is 1. The van der Waals surface area contributed by atoms with Crippen LogP contribution in [0.3, 0.4) is 0 Å². The summed E-state index contributed by atoms with van der Waals surface area (Å²) >= 11 is 0. The van der Waals surface area contributed by atoms with E-state index in [1.165, 1.54) is 38.5 Å². The fraction of sp³-hybridized carbons (Fsp3) is 0.812. The maximum atomic E-state index is 13.8. The van der Waals surface area contributed by atoms with E-state index in [2.05, 4.69) is 34.6 Å². The molecule has 1 aromatic carbocycles. The molecule has 1 atom stereocenters. The van der Waals surface area contributed by atoms with E-state index in [1.807, 2.05) is 0 Å². The molecule has 0 saturated heterocycles. The predicted octanol–water partition coefficient (Wildman–Crippen LogP) is 10.8. The molecule has 0 bridgehead atoms. The van der Waals surface area contributed by atoms with Crippen LogP contribution in [0, 0.1) is 46.8 Å². The van der Waals surface area contributed by atoms with Crippen LogP contribution < -0.4 is 0 Å². The molecule has 0 aliphatic heterocycles. The second kappa shape index (κ2) is 18.2. The molecule has 1 rings (SSSR count). The molecule has 1 aromatic rings. The van der Waals surface area contributed by atoms with E-state index < -0.39 is 40.3 Å². The number of hydrogen-bond acceptors (Lipinski definition) is 1. The molecule has 0 aliphatic carbocycles. The van der Waals surface area contributed by atoms with Gasteiger partial charge in [-0.1, -0.05) is 118 Å². The van der Waals surface area contributed by atoms with E-state index in [0.717, 1.165) is 51.4 Å². The summed E-state index contributed by atoms with van der Waals surface area (Å²) in [4.78, 5) is 0. The fourth-order valence-corrected chi connectivity index (χ4v) is 6.01. The Morgan fingerprint density at radius 3 is 1.26 bits per heavy atom. The first-order chi connectivity index (χ1) is 18.0. The maximum Gasteiger partial charge on any atom is 0.200 e. The minimum atomic E-state index is -2.10.